The lowest BCUT2D eigenvalue weighted by atomic mass is 10.1. The van der Waals surface area contributed by atoms with Crippen molar-refractivity contribution < 1.29 is 9.32 Å². The Hall–Kier alpha value is -2.24. The van der Waals surface area contributed by atoms with Gasteiger partial charge in [0.1, 0.15) is 5.76 Å². The molecule has 0 spiro atoms. The summed E-state index contributed by atoms with van der Waals surface area (Å²) in [6.07, 6.45) is 4.39. The number of aryl methyl sites for hydroxylation is 3. The molecule has 0 aliphatic heterocycles. The van der Waals surface area contributed by atoms with Gasteiger partial charge in [0, 0.05) is 18.2 Å². The standard InChI is InChI=1S/C14H18N4O2/c1-9-6-16-12(7-15-9)8-17-14(19)5-4-13-10(2)18-20-11(13)3/h6-7H,4-5,8H2,1-3H3,(H,17,19). The van der Waals surface area contributed by atoms with Crippen molar-refractivity contribution in [1.29, 1.82) is 0 Å². The summed E-state index contributed by atoms with van der Waals surface area (Å²) >= 11 is 0. The molecule has 2 aromatic rings. The normalized spacial score (nSPS) is 10.6. The Morgan fingerprint density at radius 1 is 1.25 bits per heavy atom. The molecular weight excluding hydrogens is 256 g/mol. The molecule has 0 saturated carbocycles. The van der Waals surface area contributed by atoms with Gasteiger partial charge < -0.3 is 9.84 Å². The molecular formula is C14H18N4O2. The van der Waals surface area contributed by atoms with E-state index in [1.807, 2.05) is 20.8 Å². The van der Waals surface area contributed by atoms with Gasteiger partial charge in [0.25, 0.3) is 0 Å². The number of amides is 1. The first kappa shape index (κ1) is 14.2. The molecule has 0 aliphatic rings. The summed E-state index contributed by atoms with van der Waals surface area (Å²) in [5, 5.41) is 6.70. The van der Waals surface area contributed by atoms with Crippen LogP contribution in [0.25, 0.3) is 0 Å². The quantitative estimate of drug-likeness (QED) is 0.896. The molecule has 2 rings (SSSR count). The number of rotatable bonds is 5. The Morgan fingerprint density at radius 2 is 2.05 bits per heavy atom. The Balaban J connectivity index is 1.80. The van der Waals surface area contributed by atoms with Crippen LogP contribution in [0, 0.1) is 20.8 Å². The fourth-order valence-corrected chi connectivity index (χ4v) is 1.89. The Kier molecular flexibility index (Phi) is 4.45. The zero-order valence-electron chi connectivity index (χ0n) is 11.9. The SMILES string of the molecule is Cc1cnc(CNC(=O)CCc2c(C)noc2C)cn1. The average Bonchev–Trinajstić information content (AvgIpc) is 2.75. The zero-order chi connectivity index (χ0) is 14.5. The summed E-state index contributed by atoms with van der Waals surface area (Å²) < 4.78 is 5.07. The van der Waals surface area contributed by atoms with Gasteiger partial charge >= 0.3 is 0 Å². The van der Waals surface area contributed by atoms with Crippen molar-refractivity contribution >= 4 is 5.91 Å². The van der Waals surface area contributed by atoms with E-state index in [4.69, 9.17) is 4.52 Å². The van der Waals surface area contributed by atoms with Crippen molar-refractivity contribution in [3.05, 3.63) is 40.8 Å². The van der Waals surface area contributed by atoms with Crippen molar-refractivity contribution in [1.82, 2.24) is 20.4 Å². The smallest absolute Gasteiger partial charge is 0.220 e. The fourth-order valence-electron chi connectivity index (χ4n) is 1.89. The van der Waals surface area contributed by atoms with Gasteiger partial charge in [-0.25, -0.2) is 0 Å². The second-order valence-corrected chi connectivity index (χ2v) is 4.73. The minimum Gasteiger partial charge on any atom is -0.361 e. The lowest BCUT2D eigenvalue weighted by Crippen LogP contribution is -2.23. The first-order chi connectivity index (χ1) is 9.56. The van der Waals surface area contributed by atoms with Crippen molar-refractivity contribution in [3.8, 4) is 0 Å². The Bertz CT molecular complexity index is 570. The maximum Gasteiger partial charge on any atom is 0.220 e. The van der Waals surface area contributed by atoms with Crippen molar-refractivity contribution in [2.45, 2.75) is 40.2 Å². The molecule has 0 radical (unpaired) electrons. The lowest BCUT2D eigenvalue weighted by Gasteiger charge is -2.04. The zero-order valence-corrected chi connectivity index (χ0v) is 11.9. The van der Waals surface area contributed by atoms with Crippen LogP contribution >= 0.6 is 0 Å². The van der Waals surface area contributed by atoms with Crippen molar-refractivity contribution in [2.75, 3.05) is 0 Å². The molecule has 1 N–H and O–H groups in total. The van der Waals surface area contributed by atoms with Crippen LogP contribution in [0.15, 0.2) is 16.9 Å². The lowest BCUT2D eigenvalue weighted by molar-refractivity contribution is -0.121. The number of aromatic nitrogens is 3. The van der Waals surface area contributed by atoms with Crippen LogP contribution in [0.5, 0.6) is 0 Å². The van der Waals surface area contributed by atoms with Gasteiger partial charge in [-0.05, 0) is 27.2 Å². The number of hydrogen-bond donors (Lipinski definition) is 1. The largest absolute Gasteiger partial charge is 0.361 e. The highest BCUT2D eigenvalue weighted by molar-refractivity contribution is 5.76. The van der Waals surface area contributed by atoms with Crippen LogP contribution in [0.3, 0.4) is 0 Å². The third-order valence-corrected chi connectivity index (χ3v) is 3.08. The number of carbonyl (C=O) groups is 1. The second-order valence-electron chi connectivity index (χ2n) is 4.73. The monoisotopic (exact) mass is 274 g/mol. The molecule has 0 saturated heterocycles. The highest BCUT2D eigenvalue weighted by Gasteiger charge is 2.11. The maximum atomic E-state index is 11.8. The van der Waals surface area contributed by atoms with Gasteiger partial charge in [0.15, 0.2) is 0 Å². The second kappa shape index (κ2) is 6.27. The maximum absolute atomic E-state index is 11.8. The van der Waals surface area contributed by atoms with Gasteiger partial charge in [-0.3, -0.25) is 14.8 Å². The summed E-state index contributed by atoms with van der Waals surface area (Å²) in [6, 6.07) is 0. The highest BCUT2D eigenvalue weighted by Crippen LogP contribution is 2.14. The Morgan fingerprint density at radius 3 is 2.65 bits per heavy atom. The van der Waals surface area contributed by atoms with E-state index in [2.05, 4.69) is 20.4 Å². The molecule has 20 heavy (non-hydrogen) atoms. The average molecular weight is 274 g/mol. The van der Waals surface area contributed by atoms with E-state index >= 15 is 0 Å². The van der Waals surface area contributed by atoms with Crippen molar-refractivity contribution in [3.63, 3.8) is 0 Å². The minimum absolute atomic E-state index is 0.0209. The van der Waals surface area contributed by atoms with Gasteiger partial charge in [-0.2, -0.15) is 0 Å². The summed E-state index contributed by atoms with van der Waals surface area (Å²) in [6.45, 7) is 6.01. The molecule has 6 heteroatoms. The van der Waals surface area contributed by atoms with Crippen molar-refractivity contribution in [2.24, 2.45) is 0 Å². The van der Waals surface area contributed by atoms with Crippen LogP contribution < -0.4 is 5.32 Å². The number of carbonyl (C=O) groups excluding carboxylic acids is 1. The molecule has 6 nitrogen and oxygen atoms in total. The van der Waals surface area contributed by atoms with Crippen LogP contribution in [0.1, 0.15) is 34.8 Å². The highest BCUT2D eigenvalue weighted by atomic mass is 16.5. The predicted molar refractivity (Wildman–Crippen MR) is 72.9 cm³/mol. The van der Waals surface area contributed by atoms with E-state index in [0.717, 1.165) is 28.4 Å². The van der Waals surface area contributed by atoms with Gasteiger partial charge in [-0.15, -0.1) is 0 Å². The van der Waals surface area contributed by atoms with Crippen LogP contribution in [-0.2, 0) is 17.8 Å². The van der Waals surface area contributed by atoms with Gasteiger partial charge in [-0.1, -0.05) is 5.16 Å². The third kappa shape index (κ3) is 3.63. The molecule has 2 heterocycles. The molecule has 0 aromatic carbocycles. The van der Waals surface area contributed by atoms with E-state index in [1.54, 1.807) is 12.4 Å². The fraction of sp³-hybridized carbons (Fsp3) is 0.429. The van der Waals surface area contributed by atoms with Crippen LogP contribution in [0.2, 0.25) is 0 Å². The van der Waals surface area contributed by atoms with E-state index in [1.165, 1.54) is 0 Å². The summed E-state index contributed by atoms with van der Waals surface area (Å²) in [7, 11) is 0. The molecule has 0 bridgehead atoms. The Labute approximate surface area is 117 Å². The summed E-state index contributed by atoms with van der Waals surface area (Å²) in [5.41, 5.74) is 3.47. The van der Waals surface area contributed by atoms with Gasteiger partial charge in [0.2, 0.25) is 5.91 Å². The van der Waals surface area contributed by atoms with Gasteiger partial charge in [0.05, 0.1) is 29.8 Å². The summed E-state index contributed by atoms with van der Waals surface area (Å²) in [4.78, 5) is 20.1. The van der Waals surface area contributed by atoms with E-state index in [-0.39, 0.29) is 5.91 Å². The van der Waals surface area contributed by atoms with E-state index in [9.17, 15) is 4.79 Å². The molecule has 0 fully saturated rings. The predicted octanol–water partition coefficient (Wildman–Crippen LogP) is 1.64. The molecule has 0 unspecified atom stereocenters. The molecule has 0 atom stereocenters. The minimum atomic E-state index is -0.0209. The first-order valence-electron chi connectivity index (χ1n) is 6.52. The van der Waals surface area contributed by atoms with Crippen LogP contribution in [-0.4, -0.2) is 21.0 Å². The number of hydrogen-bond acceptors (Lipinski definition) is 5. The van der Waals surface area contributed by atoms with E-state index in [0.29, 0.717) is 19.4 Å². The molecule has 1 amide bonds. The molecule has 2 aromatic heterocycles. The van der Waals surface area contributed by atoms with E-state index < -0.39 is 0 Å². The number of nitrogens with one attached hydrogen (secondary N) is 1. The first-order valence-corrected chi connectivity index (χ1v) is 6.52. The summed E-state index contributed by atoms with van der Waals surface area (Å²) in [5.74, 6) is 0.757. The molecule has 106 valence electrons. The van der Waals surface area contributed by atoms with Crippen LogP contribution in [0.4, 0.5) is 0 Å². The number of nitrogens with zero attached hydrogens (tertiary/aromatic N) is 3. The topological polar surface area (TPSA) is 80.9 Å². The molecule has 0 aliphatic carbocycles. The third-order valence-electron chi connectivity index (χ3n) is 3.08.